The summed E-state index contributed by atoms with van der Waals surface area (Å²) in [5, 5.41) is 8.39. The van der Waals surface area contributed by atoms with Gasteiger partial charge in [-0.2, -0.15) is 0 Å². The van der Waals surface area contributed by atoms with Crippen LogP contribution in [0, 0.1) is 5.92 Å². The van der Waals surface area contributed by atoms with Crippen LogP contribution in [0.3, 0.4) is 0 Å². The second-order valence-electron chi connectivity index (χ2n) is 3.37. The smallest absolute Gasteiger partial charge is 0.316 e. The Hall–Kier alpha value is -0.220. The van der Waals surface area contributed by atoms with Crippen LogP contribution in [0.1, 0.15) is 19.8 Å². The molecule has 1 N–H and O–H groups in total. The lowest BCUT2D eigenvalue weighted by Crippen LogP contribution is -2.20. The second kappa shape index (κ2) is 5.50. The van der Waals surface area contributed by atoms with Crippen molar-refractivity contribution in [2.45, 2.75) is 25.0 Å². The zero-order chi connectivity index (χ0) is 9.68. The van der Waals surface area contributed by atoms with Gasteiger partial charge in [-0.05, 0) is 31.4 Å². The van der Waals surface area contributed by atoms with E-state index >= 15 is 0 Å². The van der Waals surface area contributed by atoms with Gasteiger partial charge < -0.3 is 9.84 Å². The quantitative estimate of drug-likeness (QED) is 0.756. The van der Waals surface area contributed by atoms with Gasteiger partial charge in [0.15, 0.2) is 0 Å². The summed E-state index contributed by atoms with van der Waals surface area (Å²) in [6.07, 6.45) is 2.17. The summed E-state index contributed by atoms with van der Waals surface area (Å²) in [5.74, 6) is 0.897. The number of carbonyl (C=O) groups is 1. The maximum atomic E-state index is 10.5. The molecule has 1 unspecified atom stereocenters. The van der Waals surface area contributed by atoms with Crippen LogP contribution >= 0.6 is 11.8 Å². The Bertz CT molecular complexity index is 166. The monoisotopic (exact) mass is 204 g/mol. The van der Waals surface area contributed by atoms with Crippen molar-refractivity contribution in [1.82, 2.24) is 0 Å². The molecular weight excluding hydrogens is 188 g/mol. The van der Waals surface area contributed by atoms with Crippen LogP contribution in [-0.2, 0) is 9.53 Å². The number of ether oxygens (including phenoxy) is 1. The largest absolute Gasteiger partial charge is 0.480 e. The molecule has 1 heterocycles. The number of aliphatic carboxylic acids is 1. The van der Waals surface area contributed by atoms with Gasteiger partial charge in [0.25, 0.3) is 0 Å². The van der Waals surface area contributed by atoms with Crippen LogP contribution in [0.15, 0.2) is 0 Å². The van der Waals surface area contributed by atoms with Gasteiger partial charge in [-0.1, -0.05) is 0 Å². The van der Waals surface area contributed by atoms with Crippen molar-refractivity contribution < 1.29 is 14.6 Å². The lowest BCUT2D eigenvalue weighted by molar-refractivity contribution is -0.136. The van der Waals surface area contributed by atoms with Crippen molar-refractivity contribution in [3.8, 4) is 0 Å². The fourth-order valence-electron chi connectivity index (χ4n) is 1.26. The highest BCUT2D eigenvalue weighted by Crippen LogP contribution is 2.22. The van der Waals surface area contributed by atoms with Crippen LogP contribution in [0.25, 0.3) is 0 Å². The van der Waals surface area contributed by atoms with Gasteiger partial charge in [0.1, 0.15) is 0 Å². The van der Waals surface area contributed by atoms with Gasteiger partial charge in [-0.15, -0.1) is 11.8 Å². The summed E-state index contributed by atoms with van der Waals surface area (Å²) in [4.78, 5) is 10.5. The van der Waals surface area contributed by atoms with Crippen molar-refractivity contribution in [2.75, 3.05) is 19.0 Å². The van der Waals surface area contributed by atoms with Crippen molar-refractivity contribution >= 4 is 17.7 Å². The molecule has 1 aliphatic rings. The van der Waals surface area contributed by atoms with Gasteiger partial charge in [-0.3, -0.25) is 4.79 Å². The van der Waals surface area contributed by atoms with E-state index in [0.29, 0.717) is 5.92 Å². The lowest BCUT2D eigenvalue weighted by Gasteiger charge is -2.22. The molecule has 0 amide bonds. The normalized spacial score (nSPS) is 21.3. The van der Waals surface area contributed by atoms with E-state index in [4.69, 9.17) is 9.84 Å². The average molecular weight is 204 g/mol. The van der Waals surface area contributed by atoms with E-state index in [2.05, 4.69) is 0 Å². The molecule has 1 fully saturated rings. The first-order valence-corrected chi connectivity index (χ1v) is 5.67. The number of carboxylic acids is 1. The Morgan fingerprint density at radius 3 is 2.77 bits per heavy atom. The van der Waals surface area contributed by atoms with Crippen molar-refractivity contribution in [3.63, 3.8) is 0 Å². The van der Waals surface area contributed by atoms with Crippen LogP contribution in [0.5, 0.6) is 0 Å². The van der Waals surface area contributed by atoms with E-state index in [1.165, 1.54) is 11.8 Å². The zero-order valence-electron chi connectivity index (χ0n) is 7.86. The summed E-state index contributed by atoms with van der Waals surface area (Å²) in [6.45, 7) is 3.42. The predicted octanol–water partition coefficient (Wildman–Crippen LogP) is 1.62. The van der Waals surface area contributed by atoms with E-state index in [9.17, 15) is 4.79 Å². The molecule has 1 aliphatic heterocycles. The lowest BCUT2D eigenvalue weighted by atomic mass is 10.0. The molecule has 76 valence electrons. The molecule has 0 saturated carbocycles. The minimum Gasteiger partial charge on any atom is -0.480 e. The van der Waals surface area contributed by atoms with Gasteiger partial charge in [0.2, 0.25) is 0 Å². The molecule has 0 radical (unpaired) electrons. The van der Waals surface area contributed by atoms with E-state index in [0.717, 1.165) is 31.8 Å². The third kappa shape index (κ3) is 4.00. The maximum Gasteiger partial charge on any atom is 0.316 e. The van der Waals surface area contributed by atoms with Crippen LogP contribution in [0.2, 0.25) is 0 Å². The second-order valence-corrected chi connectivity index (χ2v) is 4.74. The van der Waals surface area contributed by atoms with E-state index in [-0.39, 0.29) is 5.25 Å². The molecule has 0 spiro atoms. The summed E-state index contributed by atoms with van der Waals surface area (Å²) >= 11 is 1.54. The fraction of sp³-hybridized carbons (Fsp3) is 0.889. The number of hydrogen-bond donors (Lipinski definition) is 1. The molecule has 3 nitrogen and oxygen atoms in total. The Kier molecular flexibility index (Phi) is 4.59. The Labute approximate surface area is 82.8 Å². The number of thioether (sulfide) groups is 1. The Balaban J connectivity index is 2.13. The molecule has 0 bridgehead atoms. The van der Waals surface area contributed by atoms with Crippen LogP contribution < -0.4 is 0 Å². The highest BCUT2D eigenvalue weighted by molar-refractivity contribution is 8.00. The van der Waals surface area contributed by atoms with Crippen molar-refractivity contribution in [1.29, 1.82) is 0 Å². The fourth-order valence-corrected chi connectivity index (χ4v) is 2.30. The molecule has 1 atom stereocenters. The van der Waals surface area contributed by atoms with Gasteiger partial charge in [0, 0.05) is 13.2 Å². The van der Waals surface area contributed by atoms with E-state index < -0.39 is 5.97 Å². The Morgan fingerprint density at radius 1 is 1.62 bits per heavy atom. The molecule has 0 aromatic heterocycles. The first-order valence-electron chi connectivity index (χ1n) is 4.62. The number of rotatable bonds is 4. The summed E-state index contributed by atoms with van der Waals surface area (Å²) in [7, 11) is 0. The molecule has 1 rings (SSSR count). The molecule has 1 saturated heterocycles. The van der Waals surface area contributed by atoms with Crippen molar-refractivity contribution in [2.24, 2.45) is 5.92 Å². The highest BCUT2D eigenvalue weighted by atomic mass is 32.2. The molecular formula is C9H16O3S. The van der Waals surface area contributed by atoms with Gasteiger partial charge >= 0.3 is 5.97 Å². The van der Waals surface area contributed by atoms with Crippen LogP contribution in [-0.4, -0.2) is 35.3 Å². The SMILES string of the molecule is CC(SCC1CCOCC1)C(=O)O. The predicted molar refractivity (Wildman–Crippen MR) is 53.1 cm³/mol. The molecule has 0 aliphatic carbocycles. The number of hydrogen-bond acceptors (Lipinski definition) is 3. The van der Waals surface area contributed by atoms with E-state index in [1.54, 1.807) is 6.92 Å². The topological polar surface area (TPSA) is 46.5 Å². The first-order chi connectivity index (χ1) is 6.20. The molecule has 0 aromatic carbocycles. The average Bonchev–Trinajstić information content (AvgIpc) is 2.15. The maximum absolute atomic E-state index is 10.5. The Morgan fingerprint density at radius 2 is 2.23 bits per heavy atom. The van der Waals surface area contributed by atoms with Gasteiger partial charge in [-0.25, -0.2) is 0 Å². The minimum atomic E-state index is -0.711. The van der Waals surface area contributed by atoms with Crippen LogP contribution in [0.4, 0.5) is 0 Å². The standard InChI is InChI=1S/C9H16O3S/c1-7(9(10)11)13-6-8-2-4-12-5-3-8/h7-8H,2-6H2,1H3,(H,10,11). The summed E-state index contributed by atoms with van der Waals surface area (Å²) in [6, 6.07) is 0. The van der Waals surface area contributed by atoms with Gasteiger partial charge in [0.05, 0.1) is 5.25 Å². The summed E-state index contributed by atoms with van der Waals surface area (Å²) < 4.78 is 5.23. The highest BCUT2D eigenvalue weighted by Gasteiger charge is 2.17. The summed E-state index contributed by atoms with van der Waals surface area (Å²) in [5.41, 5.74) is 0. The first kappa shape index (κ1) is 10.9. The molecule has 0 aromatic rings. The number of carboxylic acid groups (broad SMARTS) is 1. The van der Waals surface area contributed by atoms with E-state index in [1.807, 2.05) is 0 Å². The third-order valence-corrected chi connectivity index (χ3v) is 3.64. The molecule has 4 heteroatoms. The molecule has 13 heavy (non-hydrogen) atoms. The minimum absolute atomic E-state index is 0.275. The third-order valence-electron chi connectivity index (χ3n) is 2.27. The zero-order valence-corrected chi connectivity index (χ0v) is 8.68. The van der Waals surface area contributed by atoms with Crippen molar-refractivity contribution in [3.05, 3.63) is 0 Å².